The number of hydrogen-bond acceptors (Lipinski definition) is 5. The molecule has 0 atom stereocenters. The van der Waals surface area contributed by atoms with Crippen LogP contribution in [0.25, 0.3) is 0 Å². The van der Waals surface area contributed by atoms with Crippen molar-refractivity contribution in [2.45, 2.75) is 59.8 Å². The van der Waals surface area contributed by atoms with Gasteiger partial charge in [0.1, 0.15) is 11.6 Å². The Morgan fingerprint density at radius 3 is 1.40 bits per heavy atom. The second-order valence-electron chi connectivity index (χ2n) is 7.72. The van der Waals surface area contributed by atoms with Gasteiger partial charge >= 0.3 is 11.9 Å². The first-order chi connectivity index (χ1) is 14.0. The van der Waals surface area contributed by atoms with Crippen molar-refractivity contribution in [2.75, 3.05) is 4.90 Å². The van der Waals surface area contributed by atoms with Crippen LogP contribution >= 0.6 is 0 Å². The Morgan fingerprint density at radius 1 is 0.733 bits per heavy atom. The normalized spacial score (nSPS) is 11.2. The SMILES string of the molecule is Cc1cc(F)cc(N(c2cc(C)cc(F)c2)C(C(=O)OC(C)C)C(=O)OC(C)C)c1. The minimum absolute atomic E-state index is 0.198. The van der Waals surface area contributed by atoms with Crippen LogP contribution in [0.2, 0.25) is 0 Å². The van der Waals surface area contributed by atoms with E-state index in [1.165, 1.54) is 29.2 Å². The van der Waals surface area contributed by atoms with Gasteiger partial charge in [0, 0.05) is 11.4 Å². The lowest BCUT2D eigenvalue weighted by Gasteiger charge is -2.32. The standard InChI is InChI=1S/C23H27F2NO4/c1-13(2)29-22(27)21(23(28)30-14(3)4)26(19-9-15(5)7-17(24)11-19)20-10-16(6)8-18(25)12-20/h7-14,21H,1-6H3. The number of benzene rings is 2. The first-order valence-electron chi connectivity index (χ1n) is 9.72. The van der Waals surface area contributed by atoms with E-state index in [2.05, 4.69) is 0 Å². The van der Waals surface area contributed by atoms with E-state index < -0.39 is 41.8 Å². The molecule has 0 N–H and O–H groups in total. The number of hydrogen-bond donors (Lipinski definition) is 0. The first kappa shape index (κ1) is 23.3. The average molecular weight is 419 g/mol. The highest BCUT2D eigenvalue weighted by molar-refractivity contribution is 6.04. The number of aryl methyl sites for hydroxylation is 2. The molecule has 7 heteroatoms. The molecule has 0 bridgehead atoms. The fourth-order valence-electron chi connectivity index (χ4n) is 3.06. The molecule has 0 unspecified atom stereocenters. The summed E-state index contributed by atoms with van der Waals surface area (Å²) in [5, 5.41) is 0. The van der Waals surface area contributed by atoms with Crippen LogP contribution in [0.5, 0.6) is 0 Å². The monoisotopic (exact) mass is 419 g/mol. The van der Waals surface area contributed by atoms with Crippen LogP contribution in [-0.2, 0) is 19.1 Å². The third kappa shape index (κ3) is 6.02. The third-order valence-electron chi connectivity index (χ3n) is 4.02. The van der Waals surface area contributed by atoms with Gasteiger partial charge in [0.2, 0.25) is 6.04 Å². The summed E-state index contributed by atoms with van der Waals surface area (Å²) in [6.45, 7) is 9.93. The Bertz CT molecular complexity index is 813. The zero-order valence-corrected chi connectivity index (χ0v) is 18.0. The minimum Gasteiger partial charge on any atom is -0.461 e. The molecule has 5 nitrogen and oxygen atoms in total. The molecule has 0 aliphatic carbocycles. The molecule has 2 aromatic rings. The van der Waals surface area contributed by atoms with Crippen molar-refractivity contribution in [3.8, 4) is 0 Å². The highest BCUT2D eigenvalue weighted by atomic mass is 19.1. The highest BCUT2D eigenvalue weighted by Crippen LogP contribution is 2.32. The number of carbonyl (C=O) groups is 2. The van der Waals surface area contributed by atoms with Gasteiger partial charge in [-0.15, -0.1) is 0 Å². The second kappa shape index (κ2) is 9.69. The predicted octanol–water partition coefficient (Wildman–Crippen LogP) is 4.99. The van der Waals surface area contributed by atoms with E-state index in [9.17, 15) is 18.4 Å². The predicted molar refractivity (Wildman–Crippen MR) is 111 cm³/mol. The Morgan fingerprint density at radius 2 is 1.10 bits per heavy atom. The topological polar surface area (TPSA) is 55.8 Å². The van der Waals surface area contributed by atoms with Crippen LogP contribution < -0.4 is 4.90 Å². The van der Waals surface area contributed by atoms with Crippen molar-refractivity contribution in [1.82, 2.24) is 0 Å². The summed E-state index contributed by atoms with van der Waals surface area (Å²) in [7, 11) is 0. The maximum Gasteiger partial charge on any atom is 0.341 e. The van der Waals surface area contributed by atoms with Crippen molar-refractivity contribution in [3.63, 3.8) is 0 Å². The molecular formula is C23H27F2NO4. The van der Waals surface area contributed by atoms with Gasteiger partial charge in [-0.1, -0.05) is 0 Å². The highest BCUT2D eigenvalue weighted by Gasteiger charge is 2.38. The van der Waals surface area contributed by atoms with Crippen LogP contribution in [0.3, 0.4) is 0 Å². The average Bonchev–Trinajstić information content (AvgIpc) is 2.55. The summed E-state index contributed by atoms with van der Waals surface area (Å²) in [6, 6.07) is 6.58. The molecule has 0 aliphatic heterocycles. The molecule has 0 saturated heterocycles. The Balaban J connectivity index is 2.73. The molecule has 0 spiro atoms. The number of ether oxygens (including phenoxy) is 2. The zero-order chi connectivity index (χ0) is 22.6. The summed E-state index contributed by atoms with van der Waals surface area (Å²) in [6.07, 6.45) is -1.01. The number of nitrogens with zero attached hydrogens (tertiary/aromatic N) is 1. The summed E-state index contributed by atoms with van der Waals surface area (Å²) >= 11 is 0. The molecule has 0 fully saturated rings. The number of halogens is 2. The molecule has 162 valence electrons. The van der Waals surface area contributed by atoms with Gasteiger partial charge in [-0.25, -0.2) is 18.4 Å². The Labute approximate surface area is 175 Å². The van der Waals surface area contributed by atoms with Crippen LogP contribution in [0.4, 0.5) is 20.2 Å². The van der Waals surface area contributed by atoms with Crippen LogP contribution in [0.15, 0.2) is 36.4 Å². The minimum atomic E-state index is -1.59. The molecule has 0 heterocycles. The molecule has 2 rings (SSSR count). The second-order valence-corrected chi connectivity index (χ2v) is 7.72. The van der Waals surface area contributed by atoms with Gasteiger partial charge in [-0.2, -0.15) is 0 Å². The Kier molecular flexibility index (Phi) is 7.54. The fourth-order valence-corrected chi connectivity index (χ4v) is 3.06. The van der Waals surface area contributed by atoms with Crippen LogP contribution in [0.1, 0.15) is 38.8 Å². The molecule has 0 radical (unpaired) electrons. The van der Waals surface area contributed by atoms with E-state index in [4.69, 9.17) is 9.47 Å². The lowest BCUT2D eigenvalue weighted by Crippen LogP contribution is -2.47. The molecular weight excluding hydrogens is 392 g/mol. The van der Waals surface area contributed by atoms with E-state index in [1.807, 2.05) is 0 Å². The molecule has 0 saturated carbocycles. The third-order valence-corrected chi connectivity index (χ3v) is 4.02. The van der Waals surface area contributed by atoms with Gasteiger partial charge < -0.3 is 14.4 Å². The quantitative estimate of drug-likeness (QED) is 0.467. The van der Waals surface area contributed by atoms with Crippen molar-refractivity contribution < 1.29 is 27.8 Å². The zero-order valence-electron chi connectivity index (χ0n) is 18.0. The van der Waals surface area contributed by atoms with Crippen molar-refractivity contribution in [1.29, 1.82) is 0 Å². The number of carbonyl (C=O) groups excluding carboxylic acids is 2. The van der Waals surface area contributed by atoms with Crippen molar-refractivity contribution in [3.05, 3.63) is 59.2 Å². The van der Waals surface area contributed by atoms with Crippen LogP contribution in [-0.4, -0.2) is 30.2 Å². The van der Waals surface area contributed by atoms with Crippen molar-refractivity contribution in [2.24, 2.45) is 0 Å². The maximum atomic E-state index is 14.2. The largest absolute Gasteiger partial charge is 0.461 e. The number of anilines is 2. The molecule has 0 aliphatic rings. The number of rotatable bonds is 7. The molecule has 2 aromatic carbocycles. The van der Waals surface area contributed by atoms with Gasteiger partial charge in [0.25, 0.3) is 0 Å². The van der Waals surface area contributed by atoms with E-state index in [0.29, 0.717) is 11.1 Å². The van der Waals surface area contributed by atoms with Gasteiger partial charge in [0.05, 0.1) is 12.2 Å². The van der Waals surface area contributed by atoms with E-state index >= 15 is 0 Å². The summed E-state index contributed by atoms with van der Waals surface area (Å²) < 4.78 is 39.0. The van der Waals surface area contributed by atoms with E-state index in [0.717, 1.165) is 0 Å². The van der Waals surface area contributed by atoms with Gasteiger partial charge in [0.15, 0.2) is 0 Å². The number of esters is 2. The Hall–Kier alpha value is -2.96. The van der Waals surface area contributed by atoms with Crippen molar-refractivity contribution >= 4 is 23.3 Å². The fraction of sp³-hybridized carbons (Fsp3) is 0.391. The van der Waals surface area contributed by atoms with Gasteiger partial charge in [-0.3, -0.25) is 0 Å². The molecule has 0 amide bonds. The molecule has 0 aromatic heterocycles. The summed E-state index contributed by atoms with van der Waals surface area (Å²) in [4.78, 5) is 27.2. The maximum absolute atomic E-state index is 14.2. The lowest BCUT2D eigenvalue weighted by molar-refractivity contribution is -0.160. The summed E-state index contributed by atoms with van der Waals surface area (Å²) in [5.74, 6) is -2.87. The lowest BCUT2D eigenvalue weighted by atomic mass is 10.1. The van der Waals surface area contributed by atoms with E-state index in [1.54, 1.807) is 53.7 Å². The van der Waals surface area contributed by atoms with Gasteiger partial charge in [-0.05, 0) is 89.1 Å². The van der Waals surface area contributed by atoms with Crippen LogP contribution in [0, 0.1) is 25.5 Å². The smallest absolute Gasteiger partial charge is 0.341 e. The first-order valence-corrected chi connectivity index (χ1v) is 9.72. The molecule has 30 heavy (non-hydrogen) atoms. The van der Waals surface area contributed by atoms with E-state index in [-0.39, 0.29) is 11.4 Å². The summed E-state index contributed by atoms with van der Waals surface area (Å²) in [5.41, 5.74) is 1.53.